The van der Waals surface area contributed by atoms with E-state index in [1.54, 1.807) is 6.92 Å². The number of rotatable bonds is 1. The monoisotopic (exact) mass is 243 g/mol. The number of piperidine rings is 1. The summed E-state index contributed by atoms with van der Waals surface area (Å²) in [6, 6.07) is 8.67. The van der Waals surface area contributed by atoms with Crippen molar-refractivity contribution in [2.24, 2.45) is 0 Å². The standard InChI is InChI=1S/C14H17N3O/c1-11(18)16-8-6-12(7-9-16)17-10-15-13-4-2-3-5-14(13)17/h2-5,10,12H,6-9H2,1H3. The average Bonchev–Trinajstić information content (AvgIpc) is 2.82. The van der Waals surface area contributed by atoms with E-state index in [0.717, 1.165) is 31.4 Å². The molecule has 1 saturated heterocycles. The Morgan fingerprint density at radius 3 is 2.72 bits per heavy atom. The van der Waals surface area contributed by atoms with E-state index in [1.807, 2.05) is 29.4 Å². The van der Waals surface area contributed by atoms with E-state index >= 15 is 0 Å². The number of hydrogen-bond donors (Lipinski definition) is 0. The largest absolute Gasteiger partial charge is 0.343 e. The summed E-state index contributed by atoms with van der Waals surface area (Å²) >= 11 is 0. The molecule has 0 unspecified atom stereocenters. The quantitative estimate of drug-likeness (QED) is 0.770. The number of aromatic nitrogens is 2. The summed E-state index contributed by atoms with van der Waals surface area (Å²) in [5.74, 6) is 0.184. The number of fused-ring (bicyclic) bond motifs is 1. The minimum Gasteiger partial charge on any atom is -0.343 e. The van der Waals surface area contributed by atoms with Gasteiger partial charge in [-0.2, -0.15) is 0 Å². The molecule has 0 spiro atoms. The second-order valence-electron chi connectivity index (χ2n) is 4.88. The first-order valence-electron chi connectivity index (χ1n) is 6.43. The van der Waals surface area contributed by atoms with Crippen LogP contribution in [0.5, 0.6) is 0 Å². The molecule has 4 heteroatoms. The first-order valence-corrected chi connectivity index (χ1v) is 6.43. The van der Waals surface area contributed by atoms with Gasteiger partial charge < -0.3 is 9.47 Å². The van der Waals surface area contributed by atoms with Crippen LogP contribution in [-0.2, 0) is 4.79 Å². The molecule has 94 valence electrons. The number of likely N-dealkylation sites (tertiary alicyclic amines) is 1. The zero-order valence-electron chi connectivity index (χ0n) is 10.5. The summed E-state index contributed by atoms with van der Waals surface area (Å²) in [6.45, 7) is 3.35. The van der Waals surface area contributed by atoms with Gasteiger partial charge >= 0.3 is 0 Å². The molecule has 1 aromatic carbocycles. The van der Waals surface area contributed by atoms with E-state index in [2.05, 4.69) is 15.6 Å². The van der Waals surface area contributed by atoms with Crippen LogP contribution in [-0.4, -0.2) is 33.4 Å². The van der Waals surface area contributed by atoms with Crippen LogP contribution >= 0.6 is 0 Å². The lowest BCUT2D eigenvalue weighted by Gasteiger charge is -2.32. The molecule has 0 saturated carbocycles. The zero-order chi connectivity index (χ0) is 12.5. The molecule has 0 atom stereocenters. The van der Waals surface area contributed by atoms with Crippen molar-refractivity contribution >= 4 is 16.9 Å². The molecule has 18 heavy (non-hydrogen) atoms. The average molecular weight is 243 g/mol. The fourth-order valence-corrected chi connectivity index (χ4v) is 2.73. The highest BCUT2D eigenvalue weighted by molar-refractivity contribution is 5.75. The van der Waals surface area contributed by atoms with Crippen LogP contribution in [0.25, 0.3) is 11.0 Å². The Hall–Kier alpha value is -1.84. The lowest BCUT2D eigenvalue weighted by Crippen LogP contribution is -2.37. The predicted octanol–water partition coefficient (Wildman–Crippen LogP) is 2.22. The molecule has 2 aromatic rings. The van der Waals surface area contributed by atoms with Gasteiger partial charge in [0.15, 0.2) is 0 Å². The number of carbonyl (C=O) groups excluding carboxylic acids is 1. The molecule has 1 fully saturated rings. The summed E-state index contributed by atoms with van der Waals surface area (Å²) < 4.78 is 2.26. The van der Waals surface area contributed by atoms with E-state index in [0.29, 0.717) is 6.04 Å². The molecule has 1 amide bonds. The number of para-hydroxylation sites is 2. The van der Waals surface area contributed by atoms with Crippen LogP contribution in [0.3, 0.4) is 0 Å². The van der Waals surface area contributed by atoms with Crippen molar-refractivity contribution in [2.45, 2.75) is 25.8 Å². The minimum atomic E-state index is 0.184. The van der Waals surface area contributed by atoms with Crippen molar-refractivity contribution in [1.82, 2.24) is 14.5 Å². The molecule has 4 nitrogen and oxygen atoms in total. The van der Waals surface area contributed by atoms with Crippen LogP contribution in [0.2, 0.25) is 0 Å². The summed E-state index contributed by atoms with van der Waals surface area (Å²) in [7, 11) is 0. The summed E-state index contributed by atoms with van der Waals surface area (Å²) in [5.41, 5.74) is 2.24. The number of benzene rings is 1. The van der Waals surface area contributed by atoms with Gasteiger partial charge in [-0.15, -0.1) is 0 Å². The second-order valence-corrected chi connectivity index (χ2v) is 4.88. The highest BCUT2D eigenvalue weighted by atomic mass is 16.2. The number of hydrogen-bond acceptors (Lipinski definition) is 2. The third-order valence-corrected chi connectivity index (χ3v) is 3.78. The van der Waals surface area contributed by atoms with Gasteiger partial charge in [-0.05, 0) is 25.0 Å². The molecule has 0 radical (unpaired) electrons. The Morgan fingerprint density at radius 2 is 2.00 bits per heavy atom. The normalized spacial score (nSPS) is 17.3. The van der Waals surface area contributed by atoms with Crippen LogP contribution in [0.4, 0.5) is 0 Å². The molecule has 0 aliphatic carbocycles. The van der Waals surface area contributed by atoms with Crippen molar-refractivity contribution in [2.75, 3.05) is 13.1 Å². The lowest BCUT2D eigenvalue weighted by molar-refractivity contribution is -0.130. The molecule has 2 heterocycles. The smallest absolute Gasteiger partial charge is 0.219 e. The van der Waals surface area contributed by atoms with Gasteiger partial charge in [0.1, 0.15) is 0 Å². The Morgan fingerprint density at radius 1 is 1.28 bits per heavy atom. The molecule has 1 aliphatic heterocycles. The third kappa shape index (κ3) is 1.88. The van der Waals surface area contributed by atoms with Crippen LogP contribution in [0.1, 0.15) is 25.8 Å². The summed E-state index contributed by atoms with van der Waals surface area (Å²) in [4.78, 5) is 17.7. The fourth-order valence-electron chi connectivity index (χ4n) is 2.73. The van der Waals surface area contributed by atoms with E-state index in [4.69, 9.17) is 0 Å². The van der Waals surface area contributed by atoms with Gasteiger partial charge in [0.2, 0.25) is 5.91 Å². The number of nitrogens with zero attached hydrogens (tertiary/aromatic N) is 3. The topological polar surface area (TPSA) is 38.1 Å². The summed E-state index contributed by atoms with van der Waals surface area (Å²) in [6.07, 6.45) is 3.96. The first-order chi connectivity index (χ1) is 8.75. The summed E-state index contributed by atoms with van der Waals surface area (Å²) in [5, 5.41) is 0. The maximum Gasteiger partial charge on any atom is 0.219 e. The zero-order valence-corrected chi connectivity index (χ0v) is 10.5. The van der Waals surface area contributed by atoms with Crippen LogP contribution in [0, 0.1) is 0 Å². The van der Waals surface area contributed by atoms with E-state index in [9.17, 15) is 4.79 Å². The molecule has 0 bridgehead atoms. The van der Waals surface area contributed by atoms with Gasteiger partial charge in [0.05, 0.1) is 17.4 Å². The maximum atomic E-state index is 11.3. The van der Waals surface area contributed by atoms with Gasteiger partial charge in [0.25, 0.3) is 0 Å². The van der Waals surface area contributed by atoms with Gasteiger partial charge in [0, 0.05) is 26.1 Å². The Bertz CT molecular complexity index is 567. The molecular formula is C14H17N3O. The van der Waals surface area contributed by atoms with E-state index in [1.165, 1.54) is 5.52 Å². The number of carbonyl (C=O) groups is 1. The molecule has 1 aliphatic rings. The number of imidazole rings is 1. The second kappa shape index (κ2) is 4.44. The van der Waals surface area contributed by atoms with E-state index < -0.39 is 0 Å². The van der Waals surface area contributed by atoms with Crippen molar-refractivity contribution < 1.29 is 4.79 Å². The third-order valence-electron chi connectivity index (χ3n) is 3.78. The van der Waals surface area contributed by atoms with Gasteiger partial charge in [-0.25, -0.2) is 4.98 Å². The molecule has 1 aromatic heterocycles. The highest BCUT2D eigenvalue weighted by Crippen LogP contribution is 2.26. The fraction of sp³-hybridized carbons (Fsp3) is 0.429. The van der Waals surface area contributed by atoms with Crippen molar-refractivity contribution in [3.63, 3.8) is 0 Å². The van der Waals surface area contributed by atoms with Crippen molar-refractivity contribution in [1.29, 1.82) is 0 Å². The number of amides is 1. The maximum absolute atomic E-state index is 11.3. The molecule has 0 N–H and O–H groups in total. The van der Waals surface area contributed by atoms with Crippen molar-refractivity contribution in [3.8, 4) is 0 Å². The molecular weight excluding hydrogens is 226 g/mol. The van der Waals surface area contributed by atoms with Crippen molar-refractivity contribution in [3.05, 3.63) is 30.6 Å². The van der Waals surface area contributed by atoms with Gasteiger partial charge in [-0.3, -0.25) is 4.79 Å². The minimum absolute atomic E-state index is 0.184. The van der Waals surface area contributed by atoms with E-state index in [-0.39, 0.29) is 5.91 Å². The van der Waals surface area contributed by atoms with Crippen LogP contribution < -0.4 is 0 Å². The van der Waals surface area contributed by atoms with Gasteiger partial charge in [-0.1, -0.05) is 12.1 Å². The SMILES string of the molecule is CC(=O)N1CCC(n2cnc3ccccc32)CC1. The Labute approximate surface area is 106 Å². The molecule has 3 rings (SSSR count). The first kappa shape index (κ1) is 11.3. The highest BCUT2D eigenvalue weighted by Gasteiger charge is 2.22. The predicted molar refractivity (Wildman–Crippen MR) is 70.3 cm³/mol. The Kier molecular flexibility index (Phi) is 2.78. The van der Waals surface area contributed by atoms with Crippen LogP contribution in [0.15, 0.2) is 30.6 Å². The lowest BCUT2D eigenvalue weighted by atomic mass is 10.0. The Balaban J connectivity index is 1.82.